The molecule has 29 heavy (non-hydrogen) atoms. The summed E-state index contributed by atoms with van der Waals surface area (Å²) in [5.74, 6) is 1.50. The van der Waals surface area contributed by atoms with Crippen molar-refractivity contribution in [1.82, 2.24) is 24.7 Å². The summed E-state index contributed by atoms with van der Waals surface area (Å²) in [4.78, 5) is 14.6. The van der Waals surface area contributed by atoms with Gasteiger partial charge in [-0.1, -0.05) is 13.8 Å². The highest BCUT2D eigenvalue weighted by atomic mass is 16.5. The maximum atomic E-state index is 6.30. The lowest BCUT2D eigenvalue weighted by Gasteiger charge is -2.33. The average molecular weight is 392 g/mol. The molecule has 4 heterocycles. The van der Waals surface area contributed by atoms with E-state index in [9.17, 15) is 0 Å². The summed E-state index contributed by atoms with van der Waals surface area (Å²) in [5.41, 5.74) is 4.07. The van der Waals surface area contributed by atoms with Crippen LogP contribution in [0.1, 0.15) is 93.2 Å². The second-order valence-electron chi connectivity index (χ2n) is 9.03. The predicted octanol–water partition coefficient (Wildman–Crippen LogP) is 5.01. The van der Waals surface area contributed by atoms with Crippen LogP contribution < -0.4 is 0 Å². The van der Waals surface area contributed by atoms with E-state index in [1.54, 1.807) is 0 Å². The van der Waals surface area contributed by atoms with Crippen LogP contribution >= 0.6 is 0 Å². The van der Waals surface area contributed by atoms with Crippen molar-refractivity contribution < 1.29 is 4.74 Å². The monoisotopic (exact) mass is 391 g/mol. The van der Waals surface area contributed by atoms with Crippen molar-refractivity contribution in [2.75, 3.05) is 0 Å². The molecule has 0 aromatic carbocycles. The summed E-state index contributed by atoms with van der Waals surface area (Å²) < 4.78 is 8.40. The molecule has 5 rings (SSSR count). The van der Waals surface area contributed by atoms with E-state index in [1.165, 1.54) is 18.4 Å². The van der Waals surface area contributed by atoms with E-state index >= 15 is 0 Å². The first-order chi connectivity index (χ1) is 14.0. The van der Waals surface area contributed by atoms with Crippen molar-refractivity contribution in [1.29, 1.82) is 0 Å². The lowest BCUT2D eigenvalue weighted by molar-refractivity contribution is -0.0511. The summed E-state index contributed by atoms with van der Waals surface area (Å²) >= 11 is 0. The van der Waals surface area contributed by atoms with E-state index in [1.807, 2.05) is 19.2 Å². The Balaban J connectivity index is 1.49. The zero-order valence-corrected chi connectivity index (χ0v) is 17.7. The van der Waals surface area contributed by atoms with Gasteiger partial charge in [0.1, 0.15) is 5.82 Å². The van der Waals surface area contributed by atoms with Gasteiger partial charge in [0.25, 0.3) is 0 Å². The summed E-state index contributed by atoms with van der Waals surface area (Å²) in [5, 5.41) is 5.63. The molecular formula is C23H29N5O. The zero-order chi connectivity index (χ0) is 20.1. The van der Waals surface area contributed by atoms with Crippen LogP contribution in [0.5, 0.6) is 0 Å². The van der Waals surface area contributed by atoms with E-state index in [0.29, 0.717) is 12.0 Å². The van der Waals surface area contributed by atoms with Crippen LogP contribution in [0.4, 0.5) is 0 Å². The zero-order valence-electron chi connectivity index (χ0n) is 17.7. The summed E-state index contributed by atoms with van der Waals surface area (Å²) in [6, 6.07) is 4.74. The van der Waals surface area contributed by atoms with Crippen molar-refractivity contribution in [2.45, 2.75) is 83.5 Å². The van der Waals surface area contributed by atoms with Gasteiger partial charge in [-0.15, -0.1) is 0 Å². The molecule has 1 aliphatic heterocycles. The Bertz CT molecular complexity index is 1040. The normalized spacial score (nSPS) is 25.1. The molecule has 1 saturated carbocycles. The van der Waals surface area contributed by atoms with E-state index in [-0.39, 0.29) is 18.1 Å². The van der Waals surface area contributed by atoms with Gasteiger partial charge in [0, 0.05) is 28.8 Å². The molecule has 152 valence electrons. The predicted molar refractivity (Wildman–Crippen MR) is 112 cm³/mol. The fraction of sp³-hybridized carbons (Fsp3) is 0.565. The molecule has 1 saturated heterocycles. The number of hydrogen-bond acceptors (Lipinski definition) is 5. The van der Waals surface area contributed by atoms with Gasteiger partial charge in [0.2, 0.25) is 0 Å². The number of ether oxygens (including phenoxy) is 1. The Morgan fingerprint density at radius 2 is 1.93 bits per heavy atom. The molecule has 6 nitrogen and oxygen atoms in total. The van der Waals surface area contributed by atoms with Crippen LogP contribution in [-0.2, 0) is 4.74 Å². The van der Waals surface area contributed by atoms with Crippen molar-refractivity contribution >= 4 is 11.0 Å². The van der Waals surface area contributed by atoms with Crippen molar-refractivity contribution in [3.63, 3.8) is 0 Å². The van der Waals surface area contributed by atoms with Crippen molar-refractivity contribution in [2.24, 2.45) is 0 Å². The van der Waals surface area contributed by atoms with Gasteiger partial charge in [-0.3, -0.25) is 4.68 Å². The number of aromatic nitrogens is 5. The van der Waals surface area contributed by atoms with E-state index in [2.05, 4.69) is 42.8 Å². The first-order valence-electron chi connectivity index (χ1n) is 10.8. The Labute approximate surface area is 171 Å². The topological polar surface area (TPSA) is 65.7 Å². The van der Waals surface area contributed by atoms with Gasteiger partial charge < -0.3 is 4.74 Å². The average Bonchev–Trinajstić information content (AvgIpc) is 3.42. The lowest BCUT2D eigenvalue weighted by atomic mass is 9.89. The number of pyridine rings is 1. The largest absolute Gasteiger partial charge is 0.370 e. The first-order valence-corrected chi connectivity index (χ1v) is 10.8. The smallest absolute Gasteiger partial charge is 0.163 e. The van der Waals surface area contributed by atoms with E-state index < -0.39 is 0 Å². The molecule has 0 spiro atoms. The highest BCUT2D eigenvalue weighted by Crippen LogP contribution is 2.41. The molecular weight excluding hydrogens is 362 g/mol. The fourth-order valence-electron chi connectivity index (χ4n) is 4.40. The fourth-order valence-corrected chi connectivity index (χ4v) is 4.40. The van der Waals surface area contributed by atoms with Gasteiger partial charge in [0.15, 0.2) is 5.65 Å². The minimum Gasteiger partial charge on any atom is -0.370 e. The third kappa shape index (κ3) is 3.66. The molecule has 0 N–H and O–H groups in total. The Kier molecular flexibility index (Phi) is 4.62. The molecule has 2 aliphatic rings. The summed E-state index contributed by atoms with van der Waals surface area (Å²) in [6.07, 6.45) is 8.64. The molecule has 2 fully saturated rings. The van der Waals surface area contributed by atoms with Gasteiger partial charge >= 0.3 is 0 Å². The molecule has 3 aromatic rings. The van der Waals surface area contributed by atoms with Crippen LogP contribution in [0.25, 0.3) is 11.0 Å². The summed E-state index contributed by atoms with van der Waals surface area (Å²) in [7, 11) is 0. The maximum Gasteiger partial charge on any atom is 0.163 e. The second-order valence-corrected chi connectivity index (χ2v) is 9.03. The molecule has 6 heteroatoms. The first kappa shape index (κ1) is 18.7. The second kappa shape index (κ2) is 7.17. The van der Waals surface area contributed by atoms with Gasteiger partial charge in [-0.05, 0) is 57.6 Å². The quantitative estimate of drug-likeness (QED) is 0.625. The van der Waals surface area contributed by atoms with Crippen molar-refractivity contribution in [3.05, 3.63) is 47.3 Å². The van der Waals surface area contributed by atoms with E-state index in [0.717, 1.165) is 41.1 Å². The minimum atomic E-state index is 0.0449. The standard InChI is InChI=1S/C23H29N5O/c1-13(2)21-19-8-5-14(3)25-23(19)27-22(26-21)16-9-15(4)29-20(10-16)17-11-24-28(12-17)18-6-7-18/h5,8,11-13,15-16,18,20H,6-7,9-10H2,1-4H3/t15-,16-,20-/m0/s1. The molecule has 3 atom stereocenters. The minimum absolute atomic E-state index is 0.0449. The molecule has 0 amide bonds. The summed E-state index contributed by atoms with van der Waals surface area (Å²) in [6.45, 7) is 8.54. The van der Waals surface area contributed by atoms with Crippen LogP contribution in [0.3, 0.4) is 0 Å². The Morgan fingerprint density at radius 3 is 2.69 bits per heavy atom. The SMILES string of the molecule is Cc1ccc2c(C(C)C)nc([C@@H]3C[C@@H](c4cnn(C5CC5)c4)O[C@@H](C)C3)nc2n1. The van der Waals surface area contributed by atoms with Crippen LogP contribution in [0, 0.1) is 6.92 Å². The number of nitrogens with zero attached hydrogens (tertiary/aromatic N) is 5. The Hall–Kier alpha value is -2.34. The van der Waals surface area contributed by atoms with Crippen LogP contribution in [-0.4, -0.2) is 30.8 Å². The number of rotatable bonds is 4. The van der Waals surface area contributed by atoms with E-state index in [4.69, 9.17) is 19.7 Å². The third-order valence-corrected chi connectivity index (χ3v) is 6.08. The number of fused-ring (bicyclic) bond motifs is 1. The molecule has 0 bridgehead atoms. The molecule has 3 aromatic heterocycles. The number of hydrogen-bond donors (Lipinski definition) is 0. The highest BCUT2D eigenvalue weighted by Gasteiger charge is 2.33. The van der Waals surface area contributed by atoms with Gasteiger partial charge in [-0.2, -0.15) is 5.10 Å². The maximum absolute atomic E-state index is 6.30. The van der Waals surface area contributed by atoms with Crippen molar-refractivity contribution in [3.8, 4) is 0 Å². The van der Waals surface area contributed by atoms with Gasteiger partial charge in [-0.25, -0.2) is 15.0 Å². The lowest BCUT2D eigenvalue weighted by Crippen LogP contribution is -2.26. The molecule has 0 radical (unpaired) electrons. The third-order valence-electron chi connectivity index (χ3n) is 6.08. The molecule has 0 unspecified atom stereocenters. The number of aryl methyl sites for hydroxylation is 1. The highest BCUT2D eigenvalue weighted by molar-refractivity contribution is 5.78. The van der Waals surface area contributed by atoms with Crippen LogP contribution in [0.2, 0.25) is 0 Å². The molecule has 1 aliphatic carbocycles. The van der Waals surface area contributed by atoms with Gasteiger partial charge in [0.05, 0.1) is 30.1 Å². The Morgan fingerprint density at radius 1 is 1.10 bits per heavy atom. The van der Waals surface area contributed by atoms with Crippen LogP contribution in [0.15, 0.2) is 24.5 Å².